The minimum atomic E-state index is -4.04. The van der Waals surface area contributed by atoms with E-state index >= 15 is 0 Å². The number of aliphatic hydroxyl groups is 1. The van der Waals surface area contributed by atoms with E-state index in [1.165, 1.54) is 0 Å². The molecule has 0 unspecified atom stereocenters. The van der Waals surface area contributed by atoms with Gasteiger partial charge in [-0.25, -0.2) is 5.14 Å². The van der Waals surface area contributed by atoms with E-state index in [9.17, 15) is 13.5 Å². The fraction of sp³-hybridized carbons (Fsp3) is 0.429. The lowest BCUT2D eigenvalue weighted by Gasteiger charge is -2.27. The maximum Gasteiger partial charge on any atom is 0.333 e. The number of hydrogen-bond acceptors (Lipinski definition) is 8. The Balaban J connectivity index is 1.37. The molecule has 32 heavy (non-hydrogen) atoms. The highest BCUT2D eigenvalue weighted by Crippen LogP contribution is 2.39. The molecule has 1 aliphatic carbocycles. The predicted octanol–water partition coefficient (Wildman–Crippen LogP) is 1.90. The van der Waals surface area contributed by atoms with Gasteiger partial charge in [-0.3, -0.25) is 4.18 Å². The Morgan fingerprint density at radius 2 is 2.12 bits per heavy atom. The third kappa shape index (κ3) is 4.16. The molecule has 3 heterocycles. The number of rotatable bonds is 6. The van der Waals surface area contributed by atoms with Gasteiger partial charge >= 0.3 is 10.3 Å². The number of nitrogens with zero attached hydrogens (tertiary/aromatic N) is 3. The van der Waals surface area contributed by atoms with Gasteiger partial charge in [0.15, 0.2) is 5.82 Å². The van der Waals surface area contributed by atoms with Crippen LogP contribution in [0.5, 0.6) is 5.75 Å². The van der Waals surface area contributed by atoms with E-state index in [4.69, 9.17) is 14.1 Å². The largest absolute Gasteiger partial charge is 0.493 e. The molecule has 0 amide bonds. The van der Waals surface area contributed by atoms with E-state index in [2.05, 4.69) is 26.1 Å². The van der Waals surface area contributed by atoms with Crippen molar-refractivity contribution in [1.29, 1.82) is 0 Å². The highest BCUT2D eigenvalue weighted by Gasteiger charge is 2.35. The first kappa shape index (κ1) is 21.1. The van der Waals surface area contributed by atoms with Crippen molar-refractivity contribution < 1.29 is 22.4 Å². The zero-order valence-corrected chi connectivity index (χ0v) is 18.1. The monoisotopic (exact) mass is 459 g/mol. The molecule has 4 atom stereocenters. The van der Waals surface area contributed by atoms with Gasteiger partial charge < -0.3 is 19.7 Å². The van der Waals surface area contributed by atoms with Gasteiger partial charge in [-0.15, -0.1) is 5.10 Å². The highest BCUT2D eigenvalue weighted by atomic mass is 32.2. The Hall–Kier alpha value is -2.73. The van der Waals surface area contributed by atoms with Gasteiger partial charge in [-0.1, -0.05) is 18.2 Å². The van der Waals surface area contributed by atoms with Crippen molar-refractivity contribution in [2.24, 2.45) is 11.1 Å². The van der Waals surface area contributed by atoms with Crippen LogP contribution in [-0.2, 0) is 14.5 Å². The summed E-state index contributed by atoms with van der Waals surface area (Å²) in [5.41, 5.74) is 1.99. The molecule has 2 aliphatic rings. The average molecular weight is 460 g/mol. The third-order valence-electron chi connectivity index (χ3n) is 6.29. The fourth-order valence-electron chi connectivity index (χ4n) is 4.74. The molecule has 5 rings (SSSR count). The Morgan fingerprint density at radius 3 is 2.97 bits per heavy atom. The molecule has 0 spiro atoms. The average Bonchev–Trinajstić information content (AvgIpc) is 3.36. The predicted molar refractivity (Wildman–Crippen MR) is 117 cm³/mol. The second kappa shape index (κ2) is 8.32. The van der Waals surface area contributed by atoms with Crippen molar-refractivity contribution in [2.75, 3.05) is 18.5 Å². The standard InChI is InChI=1S/C21H25N5O5S/c22-32(28,29)31-12-13-9-14(10-19(13)27)26-7-5-16-18(26)11-23-25-21(16)24-17-6-8-30-20-4-2-1-3-15(17)20/h1-5,7,11,13-14,17,19,27H,6,8-10,12H2,(H,24,25)(H2,22,28,29)/t13-,14+,17-,19-/m0/s1. The van der Waals surface area contributed by atoms with Crippen LogP contribution >= 0.6 is 0 Å². The summed E-state index contributed by atoms with van der Waals surface area (Å²) in [7, 11) is -4.04. The summed E-state index contributed by atoms with van der Waals surface area (Å²) >= 11 is 0. The topological polar surface area (TPSA) is 142 Å². The molecule has 0 bridgehead atoms. The van der Waals surface area contributed by atoms with Gasteiger partial charge in [0.2, 0.25) is 0 Å². The van der Waals surface area contributed by atoms with Crippen LogP contribution in [-0.4, -0.2) is 47.6 Å². The van der Waals surface area contributed by atoms with Crippen LogP contribution in [0.3, 0.4) is 0 Å². The van der Waals surface area contributed by atoms with Crippen LogP contribution in [0, 0.1) is 5.92 Å². The lowest BCUT2D eigenvalue weighted by Crippen LogP contribution is -2.24. The number of aliphatic hydroxyl groups excluding tert-OH is 1. The highest BCUT2D eigenvalue weighted by molar-refractivity contribution is 7.84. The zero-order valence-electron chi connectivity index (χ0n) is 17.3. The van der Waals surface area contributed by atoms with Crippen LogP contribution in [0.1, 0.15) is 36.9 Å². The third-order valence-corrected chi connectivity index (χ3v) is 6.76. The van der Waals surface area contributed by atoms with Crippen molar-refractivity contribution >= 4 is 27.0 Å². The number of aromatic nitrogens is 3. The number of para-hydroxylation sites is 1. The minimum Gasteiger partial charge on any atom is -0.493 e. The zero-order chi connectivity index (χ0) is 22.3. The number of hydrogen-bond donors (Lipinski definition) is 3. The molecule has 1 aliphatic heterocycles. The number of anilines is 1. The van der Waals surface area contributed by atoms with Gasteiger partial charge in [-0.05, 0) is 25.0 Å². The van der Waals surface area contributed by atoms with Gasteiger partial charge in [-0.2, -0.15) is 13.5 Å². The molecule has 170 valence electrons. The van der Waals surface area contributed by atoms with Crippen LogP contribution in [0.2, 0.25) is 0 Å². The molecule has 11 heteroatoms. The molecule has 1 fully saturated rings. The first-order chi connectivity index (χ1) is 15.4. The molecule has 1 saturated carbocycles. The van der Waals surface area contributed by atoms with Gasteiger partial charge in [0, 0.05) is 35.5 Å². The summed E-state index contributed by atoms with van der Waals surface area (Å²) in [6.45, 7) is 0.493. The molecule has 10 nitrogen and oxygen atoms in total. The summed E-state index contributed by atoms with van der Waals surface area (Å²) < 4.78 is 34.7. The van der Waals surface area contributed by atoms with Crippen LogP contribution in [0.4, 0.5) is 5.82 Å². The molecule has 1 aromatic carbocycles. The molecular formula is C21H25N5O5S. The Labute approximate surface area is 185 Å². The van der Waals surface area contributed by atoms with E-state index in [0.717, 1.165) is 28.6 Å². The Bertz CT molecular complexity index is 1230. The van der Waals surface area contributed by atoms with E-state index in [1.807, 2.05) is 30.5 Å². The van der Waals surface area contributed by atoms with E-state index < -0.39 is 16.4 Å². The molecule has 3 aromatic rings. The van der Waals surface area contributed by atoms with E-state index in [1.54, 1.807) is 6.20 Å². The van der Waals surface area contributed by atoms with Crippen molar-refractivity contribution in [2.45, 2.75) is 37.5 Å². The fourth-order valence-corrected chi connectivity index (χ4v) is 5.10. The summed E-state index contributed by atoms with van der Waals surface area (Å²) in [6, 6.07) is 10.00. The number of ether oxygens (including phenoxy) is 1. The Morgan fingerprint density at radius 1 is 1.28 bits per heavy atom. The van der Waals surface area contributed by atoms with Crippen LogP contribution in [0.25, 0.3) is 10.9 Å². The first-order valence-electron chi connectivity index (χ1n) is 10.5. The summed E-state index contributed by atoms with van der Waals surface area (Å²) in [5, 5.41) is 28.3. The first-order valence-corrected chi connectivity index (χ1v) is 12.0. The SMILES string of the molecule is NS(=O)(=O)OC[C@@H]1C[C@@H](n2ccc3c(N[C@H]4CCOc5ccccc54)nncc32)C[C@@H]1O. The summed E-state index contributed by atoms with van der Waals surface area (Å²) in [5.74, 6) is 1.25. The minimum absolute atomic E-state index is 0.0163. The van der Waals surface area contributed by atoms with Gasteiger partial charge in [0.05, 0.1) is 37.1 Å². The van der Waals surface area contributed by atoms with Gasteiger partial charge in [0.1, 0.15) is 5.75 Å². The maximum atomic E-state index is 11.1. The van der Waals surface area contributed by atoms with Crippen molar-refractivity contribution in [3.63, 3.8) is 0 Å². The smallest absolute Gasteiger partial charge is 0.333 e. The van der Waals surface area contributed by atoms with Crippen LogP contribution in [0.15, 0.2) is 42.7 Å². The number of nitrogens with two attached hydrogens (primary N) is 1. The van der Waals surface area contributed by atoms with Crippen molar-refractivity contribution in [3.05, 3.63) is 48.3 Å². The summed E-state index contributed by atoms with van der Waals surface area (Å²) in [6.07, 6.45) is 4.86. The lowest BCUT2D eigenvalue weighted by atomic mass is 10.0. The molecular weight excluding hydrogens is 434 g/mol. The molecule has 4 N–H and O–H groups in total. The molecule has 0 saturated heterocycles. The van der Waals surface area contributed by atoms with E-state index in [0.29, 0.717) is 25.3 Å². The van der Waals surface area contributed by atoms with Gasteiger partial charge in [0.25, 0.3) is 0 Å². The summed E-state index contributed by atoms with van der Waals surface area (Å²) in [4.78, 5) is 0. The molecule has 0 radical (unpaired) electrons. The lowest BCUT2D eigenvalue weighted by molar-refractivity contribution is 0.100. The number of benzene rings is 1. The van der Waals surface area contributed by atoms with Crippen molar-refractivity contribution in [1.82, 2.24) is 14.8 Å². The normalized spacial score (nSPS) is 25.4. The second-order valence-electron chi connectivity index (χ2n) is 8.32. The number of nitrogens with one attached hydrogen (secondary N) is 1. The Kier molecular flexibility index (Phi) is 5.49. The van der Waals surface area contributed by atoms with Crippen molar-refractivity contribution in [3.8, 4) is 5.75 Å². The number of fused-ring (bicyclic) bond motifs is 2. The van der Waals surface area contributed by atoms with Crippen LogP contribution < -0.4 is 15.2 Å². The second-order valence-corrected chi connectivity index (χ2v) is 9.54. The maximum absolute atomic E-state index is 11.1. The molecule has 2 aromatic heterocycles. The quantitative estimate of drug-likeness (QED) is 0.507. The van der Waals surface area contributed by atoms with E-state index in [-0.39, 0.29) is 24.6 Å².